The average Bonchev–Trinajstić information content (AvgIpc) is 3.19. The highest BCUT2D eigenvalue weighted by Gasteiger charge is 2.50. The Morgan fingerprint density at radius 2 is 1.75 bits per heavy atom. The zero-order valence-electron chi connectivity index (χ0n) is 19.2. The molecule has 3 aromatic rings. The number of fused-ring (bicyclic) bond motifs is 3. The van der Waals surface area contributed by atoms with Crippen LogP contribution in [0.25, 0.3) is 0 Å². The van der Waals surface area contributed by atoms with Crippen LogP contribution < -0.4 is 5.32 Å². The number of rotatable bonds is 6. The van der Waals surface area contributed by atoms with Crippen molar-refractivity contribution in [3.63, 3.8) is 0 Å². The van der Waals surface area contributed by atoms with E-state index >= 15 is 0 Å². The Morgan fingerprint density at radius 1 is 1.03 bits per heavy atom. The quantitative estimate of drug-likeness (QED) is 0.164. The number of para-hydroxylation sites is 1. The highest BCUT2D eigenvalue weighted by atomic mass is 35.5. The Balaban J connectivity index is 1.55. The second-order valence-electron chi connectivity index (χ2n) is 9.08. The van der Waals surface area contributed by atoms with Gasteiger partial charge in [-0.1, -0.05) is 24.3 Å². The van der Waals surface area contributed by atoms with Gasteiger partial charge >= 0.3 is 0 Å². The minimum absolute atomic E-state index is 0.0175. The van der Waals surface area contributed by atoms with Crippen molar-refractivity contribution in [3.05, 3.63) is 104 Å². The molecule has 0 radical (unpaired) electrons. The van der Waals surface area contributed by atoms with Gasteiger partial charge in [0, 0.05) is 40.6 Å². The summed E-state index contributed by atoms with van der Waals surface area (Å²) in [7, 11) is 0. The zero-order chi connectivity index (χ0) is 25.6. The molecule has 8 nitrogen and oxygen atoms in total. The largest absolute Gasteiger partial charge is 0.378 e. The third-order valence-corrected chi connectivity index (χ3v) is 9.14. The Bertz CT molecular complexity index is 1370. The molecule has 0 spiro atoms. The van der Waals surface area contributed by atoms with Crippen molar-refractivity contribution in [1.82, 2.24) is 0 Å². The van der Waals surface area contributed by atoms with Crippen molar-refractivity contribution < 1.29 is 14.6 Å². The fourth-order valence-electron chi connectivity index (χ4n) is 5.34. The fourth-order valence-corrected chi connectivity index (χ4v) is 7.28. The molecule has 1 heterocycles. The summed E-state index contributed by atoms with van der Waals surface area (Å²) in [5.74, 6) is -0.131. The number of halogens is 1. The van der Waals surface area contributed by atoms with Crippen LogP contribution >= 0.6 is 23.4 Å². The minimum atomic E-state index is -0.427. The first kappa shape index (κ1) is 24.3. The summed E-state index contributed by atoms with van der Waals surface area (Å²) in [5.41, 5.74) is 3.39. The van der Waals surface area contributed by atoms with E-state index in [0.29, 0.717) is 16.9 Å². The smallest absolute Gasteiger partial charge is 0.282 e. The molecule has 36 heavy (non-hydrogen) atoms. The first-order valence-corrected chi connectivity index (χ1v) is 12.8. The summed E-state index contributed by atoms with van der Waals surface area (Å²) in [6, 6.07) is 18.5. The first-order chi connectivity index (χ1) is 17.2. The third-order valence-electron chi connectivity index (χ3n) is 7.02. The van der Waals surface area contributed by atoms with Crippen LogP contribution in [0.5, 0.6) is 0 Å². The molecule has 1 aliphatic heterocycles. The molecule has 0 saturated heterocycles. The molecule has 3 aromatic carbocycles. The summed E-state index contributed by atoms with van der Waals surface area (Å²) < 4.78 is 0. The van der Waals surface area contributed by atoms with Crippen molar-refractivity contribution in [2.75, 3.05) is 5.32 Å². The Morgan fingerprint density at radius 3 is 2.42 bits per heavy atom. The number of thioether (sulfide) groups is 1. The summed E-state index contributed by atoms with van der Waals surface area (Å²) >= 11 is 8.53. The van der Waals surface area contributed by atoms with Gasteiger partial charge in [0.2, 0.25) is 0 Å². The van der Waals surface area contributed by atoms with E-state index < -0.39 is 4.92 Å². The number of benzene rings is 3. The molecule has 5 atom stereocenters. The number of hydrogen-bond acceptors (Lipinski definition) is 7. The second kappa shape index (κ2) is 9.55. The normalized spacial score (nSPS) is 24.3. The third kappa shape index (κ3) is 4.33. The minimum Gasteiger partial charge on any atom is -0.378 e. The summed E-state index contributed by atoms with van der Waals surface area (Å²) in [5, 5.41) is 25.8. The number of alkyl halides is 1. The van der Waals surface area contributed by atoms with Crippen LogP contribution in [0, 0.1) is 26.1 Å². The second-order valence-corrected chi connectivity index (χ2v) is 10.9. The standard InChI is InChI=1S/C26H22ClN3O5S/c1-14(31)16-8-11-20-18(12-16)24-19(26(28-20)15-6-9-17(10-7-15)29(32)33)13-23(25(24)27)36-22-5-3-2-4-21(22)30(34)35/h2-12,19,23-26,28H,13H2,1H3/t19-,23-,24+,25-,26-/m1/s1. The lowest BCUT2D eigenvalue weighted by Gasteiger charge is -2.38. The molecule has 0 amide bonds. The Labute approximate surface area is 216 Å². The predicted octanol–water partition coefficient (Wildman–Crippen LogP) is 6.74. The monoisotopic (exact) mass is 523 g/mol. The van der Waals surface area contributed by atoms with Crippen LogP contribution in [0.4, 0.5) is 17.1 Å². The lowest BCUT2D eigenvalue weighted by Crippen LogP contribution is -2.31. The number of nitrogens with zero attached hydrogens (tertiary/aromatic N) is 2. The van der Waals surface area contributed by atoms with Gasteiger partial charge in [0.1, 0.15) is 0 Å². The van der Waals surface area contributed by atoms with Crippen LogP contribution in [0.2, 0.25) is 0 Å². The number of nitrogens with one attached hydrogen (secondary N) is 1. The summed E-state index contributed by atoms with van der Waals surface area (Å²) in [6.45, 7) is 1.52. The number of nitro benzene ring substituents is 2. The molecule has 184 valence electrons. The maximum atomic E-state index is 12.1. The maximum Gasteiger partial charge on any atom is 0.282 e. The number of non-ortho nitro benzene ring substituents is 1. The molecule has 0 aromatic heterocycles. The van der Waals surface area contributed by atoms with E-state index in [4.69, 9.17) is 11.6 Å². The van der Waals surface area contributed by atoms with Crippen LogP contribution in [-0.2, 0) is 0 Å². The van der Waals surface area contributed by atoms with Gasteiger partial charge < -0.3 is 5.32 Å². The molecule has 0 bridgehead atoms. The Kier molecular flexibility index (Phi) is 6.44. The van der Waals surface area contributed by atoms with E-state index in [0.717, 1.165) is 16.8 Å². The maximum absolute atomic E-state index is 12.1. The molecular weight excluding hydrogens is 502 g/mol. The average molecular weight is 524 g/mol. The first-order valence-electron chi connectivity index (χ1n) is 11.4. The van der Waals surface area contributed by atoms with Crippen LogP contribution in [0.15, 0.2) is 71.6 Å². The lowest BCUT2D eigenvalue weighted by atomic mass is 9.76. The Hall–Kier alpha value is -3.43. The summed E-state index contributed by atoms with van der Waals surface area (Å²) in [4.78, 5) is 34.6. The number of carbonyl (C=O) groups is 1. The van der Waals surface area contributed by atoms with Crippen molar-refractivity contribution in [2.45, 2.75) is 40.8 Å². The van der Waals surface area contributed by atoms with Crippen LogP contribution in [0.1, 0.15) is 46.8 Å². The highest BCUT2D eigenvalue weighted by Crippen LogP contribution is 2.58. The molecule has 1 saturated carbocycles. The van der Waals surface area contributed by atoms with Gasteiger partial charge in [-0.25, -0.2) is 0 Å². The van der Waals surface area contributed by atoms with Crippen LogP contribution in [-0.4, -0.2) is 26.3 Å². The topological polar surface area (TPSA) is 115 Å². The lowest BCUT2D eigenvalue weighted by molar-refractivity contribution is -0.387. The van der Waals surface area contributed by atoms with Gasteiger partial charge in [0.15, 0.2) is 5.78 Å². The number of ketones is 1. The zero-order valence-corrected chi connectivity index (χ0v) is 20.7. The van der Waals surface area contributed by atoms with Gasteiger partial charge in [-0.05, 0) is 54.7 Å². The van der Waals surface area contributed by atoms with Gasteiger partial charge in [-0.15, -0.1) is 23.4 Å². The molecule has 10 heteroatoms. The van der Waals surface area contributed by atoms with Crippen molar-refractivity contribution in [3.8, 4) is 0 Å². The molecule has 1 fully saturated rings. The van der Waals surface area contributed by atoms with E-state index in [-0.39, 0.29) is 50.6 Å². The number of nitro groups is 2. The number of Topliss-reactive ketones (excluding diaryl/α,β-unsaturated/α-hetero) is 1. The van der Waals surface area contributed by atoms with E-state index in [1.165, 1.54) is 36.9 Å². The molecule has 0 unspecified atom stereocenters. The van der Waals surface area contributed by atoms with Gasteiger partial charge in [-0.3, -0.25) is 25.0 Å². The SMILES string of the molecule is CC(=O)c1ccc2c(c1)[C@@H]1[C@H](Cl)[C@H](Sc3ccccc3[N+](=O)[O-])C[C@H]1[C@@H](c1ccc([N+](=O)[O-])cc1)N2. The van der Waals surface area contributed by atoms with E-state index in [1.807, 2.05) is 12.1 Å². The van der Waals surface area contributed by atoms with Gasteiger partial charge in [0.05, 0.1) is 26.2 Å². The van der Waals surface area contributed by atoms with Crippen molar-refractivity contribution in [2.24, 2.45) is 5.92 Å². The van der Waals surface area contributed by atoms with Gasteiger partial charge in [0.25, 0.3) is 11.4 Å². The van der Waals surface area contributed by atoms with E-state index in [1.54, 1.807) is 36.4 Å². The molecule has 2 aliphatic rings. The predicted molar refractivity (Wildman–Crippen MR) is 139 cm³/mol. The molecule has 1 N–H and O–H groups in total. The molecule has 5 rings (SSSR count). The van der Waals surface area contributed by atoms with Gasteiger partial charge in [-0.2, -0.15) is 0 Å². The van der Waals surface area contributed by atoms with Crippen LogP contribution in [0.3, 0.4) is 0 Å². The van der Waals surface area contributed by atoms with E-state index in [2.05, 4.69) is 5.32 Å². The fraction of sp³-hybridized carbons (Fsp3) is 0.269. The summed E-state index contributed by atoms with van der Waals surface area (Å²) in [6.07, 6.45) is 0.675. The number of anilines is 1. The molecule has 1 aliphatic carbocycles. The van der Waals surface area contributed by atoms with E-state index in [9.17, 15) is 25.0 Å². The van der Waals surface area contributed by atoms with Crippen molar-refractivity contribution in [1.29, 1.82) is 0 Å². The molecular formula is C26H22ClN3O5S. The number of hydrogen-bond donors (Lipinski definition) is 1. The van der Waals surface area contributed by atoms with Crippen molar-refractivity contribution >= 4 is 46.2 Å². The number of carbonyl (C=O) groups excluding carboxylic acids is 1. The highest BCUT2D eigenvalue weighted by molar-refractivity contribution is 8.00.